The molecule has 0 spiro atoms. The highest BCUT2D eigenvalue weighted by atomic mass is 35.5. The van der Waals surface area contributed by atoms with Crippen LogP contribution in [0.2, 0.25) is 4.34 Å². The van der Waals surface area contributed by atoms with E-state index in [4.69, 9.17) is 30.3 Å². The summed E-state index contributed by atoms with van der Waals surface area (Å²) in [5.41, 5.74) is 2.01. The highest BCUT2D eigenvalue weighted by Gasteiger charge is 2.25. The minimum atomic E-state index is -1.15. The standard InChI is InChI=1S/C31H35ClN4O7S/c1-5-40-31(39)42-19(4)41-30(38)20-6-7-24-21(14-20)15-25(29(37)33-22-10-12-35(13-11-22)18(2)3)36(24)17-23-16-26(43-34-23)27-8-9-28(32)44-27/h6-9,14-16,18-19,22H,5,10-13,17H2,1-4H3,(H,33,37)/t19-/m1/s1. The van der Waals surface area contributed by atoms with E-state index in [2.05, 4.69) is 29.2 Å². The number of aromatic nitrogens is 2. The lowest BCUT2D eigenvalue weighted by Gasteiger charge is -2.34. The fourth-order valence-corrected chi connectivity index (χ4v) is 6.21. The summed E-state index contributed by atoms with van der Waals surface area (Å²) in [6, 6.07) is 12.8. The Morgan fingerprint density at radius 1 is 1.09 bits per heavy atom. The second-order valence-corrected chi connectivity index (χ2v) is 12.5. The van der Waals surface area contributed by atoms with Crippen molar-refractivity contribution in [2.75, 3.05) is 19.7 Å². The molecule has 1 N–H and O–H groups in total. The quantitative estimate of drug-likeness (QED) is 0.156. The predicted octanol–water partition coefficient (Wildman–Crippen LogP) is 6.34. The van der Waals surface area contributed by atoms with E-state index in [0.717, 1.165) is 36.3 Å². The lowest BCUT2D eigenvalue weighted by Crippen LogP contribution is -2.46. The van der Waals surface area contributed by atoms with Gasteiger partial charge in [-0.3, -0.25) is 4.79 Å². The first-order valence-corrected chi connectivity index (χ1v) is 15.7. The Kier molecular flexibility index (Phi) is 9.92. The third kappa shape index (κ3) is 7.43. The molecule has 1 atom stereocenters. The van der Waals surface area contributed by atoms with Crippen LogP contribution < -0.4 is 5.32 Å². The molecule has 13 heteroatoms. The molecule has 3 aromatic heterocycles. The van der Waals surface area contributed by atoms with Crippen molar-refractivity contribution < 1.29 is 33.1 Å². The first-order chi connectivity index (χ1) is 21.1. The number of nitrogens with zero attached hydrogens (tertiary/aromatic N) is 3. The van der Waals surface area contributed by atoms with Crippen LogP contribution in [0.1, 0.15) is 67.1 Å². The molecule has 0 radical (unpaired) electrons. The number of benzene rings is 1. The third-order valence-corrected chi connectivity index (χ3v) is 8.70. The van der Waals surface area contributed by atoms with Crippen molar-refractivity contribution in [1.82, 2.24) is 19.9 Å². The summed E-state index contributed by atoms with van der Waals surface area (Å²) in [7, 11) is 0. The van der Waals surface area contributed by atoms with E-state index in [-0.39, 0.29) is 30.7 Å². The number of carbonyl (C=O) groups is 3. The molecule has 1 saturated heterocycles. The predicted molar refractivity (Wildman–Crippen MR) is 166 cm³/mol. The largest absolute Gasteiger partial charge is 0.511 e. The van der Waals surface area contributed by atoms with Gasteiger partial charge < -0.3 is 33.5 Å². The number of hydrogen-bond acceptors (Lipinski definition) is 10. The molecule has 0 saturated carbocycles. The summed E-state index contributed by atoms with van der Waals surface area (Å²) in [5.74, 6) is -0.311. The van der Waals surface area contributed by atoms with Gasteiger partial charge in [0.1, 0.15) is 11.4 Å². The molecule has 1 aliphatic heterocycles. The molecule has 0 unspecified atom stereocenters. The summed E-state index contributed by atoms with van der Waals surface area (Å²) in [5, 5.41) is 8.12. The van der Waals surface area contributed by atoms with Gasteiger partial charge in [0.25, 0.3) is 5.91 Å². The number of likely N-dealkylation sites (tertiary alicyclic amines) is 1. The van der Waals surface area contributed by atoms with Crippen LogP contribution in [0.3, 0.4) is 0 Å². The van der Waals surface area contributed by atoms with Crippen molar-refractivity contribution in [3.05, 3.63) is 63.8 Å². The van der Waals surface area contributed by atoms with Crippen LogP contribution in [0.25, 0.3) is 21.5 Å². The number of nitrogens with one attached hydrogen (secondary N) is 1. The Hall–Kier alpha value is -3.87. The van der Waals surface area contributed by atoms with Gasteiger partial charge in [0.15, 0.2) is 5.76 Å². The first-order valence-electron chi connectivity index (χ1n) is 14.5. The summed E-state index contributed by atoms with van der Waals surface area (Å²) in [4.78, 5) is 41.4. The van der Waals surface area contributed by atoms with Crippen LogP contribution in [0.15, 0.2) is 47.0 Å². The minimum Gasteiger partial charge on any atom is -0.435 e. The Morgan fingerprint density at radius 3 is 2.55 bits per heavy atom. The molecular formula is C31H35ClN4O7S. The van der Waals surface area contributed by atoms with E-state index in [1.807, 2.05) is 16.7 Å². The van der Waals surface area contributed by atoms with Crippen molar-refractivity contribution in [3.63, 3.8) is 0 Å². The molecule has 0 bridgehead atoms. The highest BCUT2D eigenvalue weighted by Crippen LogP contribution is 2.32. The summed E-state index contributed by atoms with van der Waals surface area (Å²) in [6.07, 6.45) is -0.348. The van der Waals surface area contributed by atoms with Crippen LogP contribution >= 0.6 is 22.9 Å². The van der Waals surface area contributed by atoms with Gasteiger partial charge in [-0.15, -0.1) is 11.3 Å². The number of esters is 1. The third-order valence-electron chi connectivity index (χ3n) is 7.46. The fourth-order valence-electron chi connectivity index (χ4n) is 5.22. The summed E-state index contributed by atoms with van der Waals surface area (Å²) in [6.45, 7) is 9.66. The SMILES string of the molecule is CCOC(=O)O[C@H](C)OC(=O)c1ccc2c(c1)cc(C(=O)NC1CCN(C(C)C)CC1)n2Cc1cc(-c2ccc(Cl)s2)on1. The fraction of sp³-hybridized carbons (Fsp3) is 0.419. The van der Waals surface area contributed by atoms with Crippen LogP contribution in [0.4, 0.5) is 4.79 Å². The van der Waals surface area contributed by atoms with E-state index in [1.165, 1.54) is 18.3 Å². The number of thiophene rings is 1. The Balaban J connectivity index is 1.40. The second-order valence-electron chi connectivity index (χ2n) is 10.8. The van der Waals surface area contributed by atoms with Crippen LogP contribution in [-0.4, -0.2) is 70.7 Å². The molecule has 1 aliphatic rings. The van der Waals surface area contributed by atoms with Crippen molar-refractivity contribution in [2.45, 2.75) is 65.5 Å². The van der Waals surface area contributed by atoms with Gasteiger partial charge in [0, 0.05) is 49.1 Å². The maximum absolute atomic E-state index is 13.7. The van der Waals surface area contributed by atoms with Gasteiger partial charge in [-0.1, -0.05) is 16.8 Å². The average Bonchev–Trinajstić information content (AvgIpc) is 3.72. The zero-order valence-corrected chi connectivity index (χ0v) is 26.6. The van der Waals surface area contributed by atoms with Gasteiger partial charge >= 0.3 is 12.1 Å². The summed E-state index contributed by atoms with van der Waals surface area (Å²) < 4.78 is 23.0. The second kappa shape index (κ2) is 13.8. The number of carbonyl (C=O) groups excluding carboxylic acids is 3. The maximum atomic E-state index is 13.7. The molecule has 0 aliphatic carbocycles. The van der Waals surface area contributed by atoms with Crippen molar-refractivity contribution in [3.8, 4) is 10.6 Å². The molecule has 4 aromatic rings. The minimum absolute atomic E-state index is 0.0533. The molecule has 1 amide bonds. The Bertz CT molecular complexity index is 1640. The van der Waals surface area contributed by atoms with Gasteiger partial charge in [-0.25, -0.2) is 9.59 Å². The van der Waals surface area contributed by atoms with Crippen LogP contribution in [0, 0.1) is 0 Å². The van der Waals surface area contributed by atoms with Crippen molar-refractivity contribution >= 4 is 51.9 Å². The number of halogens is 1. The molecule has 1 aromatic carbocycles. The number of rotatable bonds is 10. The normalized spacial score (nSPS) is 15.0. The number of fused-ring (bicyclic) bond motifs is 1. The van der Waals surface area contributed by atoms with E-state index in [0.29, 0.717) is 32.9 Å². The van der Waals surface area contributed by atoms with Crippen LogP contribution in [0.5, 0.6) is 0 Å². The van der Waals surface area contributed by atoms with Crippen molar-refractivity contribution in [1.29, 1.82) is 0 Å². The molecule has 5 rings (SSSR count). The van der Waals surface area contributed by atoms with E-state index >= 15 is 0 Å². The Labute approximate surface area is 264 Å². The van der Waals surface area contributed by atoms with Crippen LogP contribution in [-0.2, 0) is 20.8 Å². The zero-order chi connectivity index (χ0) is 31.4. The van der Waals surface area contributed by atoms with Gasteiger partial charge in [-0.2, -0.15) is 0 Å². The van der Waals surface area contributed by atoms with Crippen molar-refractivity contribution in [2.24, 2.45) is 0 Å². The molecule has 234 valence electrons. The van der Waals surface area contributed by atoms with E-state index in [9.17, 15) is 14.4 Å². The number of piperidine rings is 1. The topological polar surface area (TPSA) is 125 Å². The number of amides is 1. The average molecular weight is 643 g/mol. The van der Waals surface area contributed by atoms with E-state index < -0.39 is 18.4 Å². The van der Waals surface area contributed by atoms with Gasteiger partial charge in [0.05, 0.1) is 27.9 Å². The first kappa shape index (κ1) is 31.6. The molecular weight excluding hydrogens is 608 g/mol. The number of ether oxygens (including phenoxy) is 3. The van der Waals surface area contributed by atoms with E-state index in [1.54, 1.807) is 37.3 Å². The lowest BCUT2D eigenvalue weighted by atomic mass is 10.0. The monoisotopic (exact) mass is 642 g/mol. The Morgan fingerprint density at radius 2 is 1.86 bits per heavy atom. The van der Waals surface area contributed by atoms with Gasteiger partial charge in [-0.05, 0) is 70.0 Å². The number of hydrogen-bond donors (Lipinski definition) is 1. The van der Waals surface area contributed by atoms with Gasteiger partial charge in [0.2, 0.25) is 6.29 Å². The lowest BCUT2D eigenvalue weighted by molar-refractivity contribution is -0.0811. The highest BCUT2D eigenvalue weighted by molar-refractivity contribution is 7.19. The summed E-state index contributed by atoms with van der Waals surface area (Å²) >= 11 is 7.49. The smallest absolute Gasteiger partial charge is 0.435 e. The zero-order valence-electron chi connectivity index (χ0n) is 25.0. The maximum Gasteiger partial charge on any atom is 0.511 e. The molecule has 11 nitrogen and oxygen atoms in total. The molecule has 4 heterocycles. The molecule has 44 heavy (non-hydrogen) atoms. The molecule has 1 fully saturated rings.